The van der Waals surface area contributed by atoms with Crippen molar-refractivity contribution in [2.24, 2.45) is 0 Å². The zero-order valence-corrected chi connectivity index (χ0v) is 12.3. The lowest BCUT2D eigenvalue weighted by Gasteiger charge is -2.09. The molecule has 2 aromatic rings. The lowest BCUT2D eigenvalue weighted by atomic mass is 10.1. The monoisotopic (exact) mass is 325 g/mol. The Morgan fingerprint density at radius 3 is 2.67 bits per heavy atom. The van der Waals surface area contributed by atoms with Gasteiger partial charge in [-0.1, -0.05) is 23.2 Å². The van der Waals surface area contributed by atoms with E-state index in [9.17, 15) is 14.9 Å². The van der Waals surface area contributed by atoms with Crippen LogP contribution in [0, 0.1) is 17.0 Å². The largest absolute Gasteiger partial charge is 0.322 e. The van der Waals surface area contributed by atoms with Gasteiger partial charge in [-0.3, -0.25) is 14.9 Å². The van der Waals surface area contributed by atoms with Crippen LogP contribution in [0.1, 0.15) is 15.9 Å². The molecule has 1 aromatic carbocycles. The number of rotatable bonds is 3. The summed E-state index contributed by atoms with van der Waals surface area (Å²) in [6.45, 7) is 1.64. The first-order valence-electron chi connectivity index (χ1n) is 5.76. The fraction of sp³-hybridized carbons (Fsp3) is 0.0769. The van der Waals surface area contributed by atoms with Crippen molar-refractivity contribution in [3.8, 4) is 0 Å². The standard InChI is InChI=1S/C13H9Cl2N3O3/c1-7-4-11(18(20)21)9(14)6-10(7)17-13(19)8-2-3-16-12(15)5-8/h2-6H,1H3,(H,17,19). The van der Waals surface area contributed by atoms with Gasteiger partial charge in [0.05, 0.1) is 4.92 Å². The third kappa shape index (κ3) is 3.48. The molecule has 1 N–H and O–H groups in total. The van der Waals surface area contributed by atoms with Crippen LogP contribution in [0.4, 0.5) is 11.4 Å². The Morgan fingerprint density at radius 1 is 1.33 bits per heavy atom. The summed E-state index contributed by atoms with van der Waals surface area (Å²) in [6, 6.07) is 5.57. The van der Waals surface area contributed by atoms with Crippen LogP contribution in [-0.2, 0) is 0 Å². The molecule has 6 nitrogen and oxygen atoms in total. The summed E-state index contributed by atoms with van der Waals surface area (Å²) in [5, 5.41) is 13.6. The molecule has 0 aliphatic rings. The summed E-state index contributed by atoms with van der Waals surface area (Å²) >= 11 is 11.5. The molecule has 108 valence electrons. The van der Waals surface area contributed by atoms with E-state index in [1.807, 2.05) is 0 Å². The highest BCUT2D eigenvalue weighted by Gasteiger charge is 2.16. The maximum atomic E-state index is 12.1. The number of nitro benzene ring substituents is 1. The minimum Gasteiger partial charge on any atom is -0.322 e. The van der Waals surface area contributed by atoms with Gasteiger partial charge in [-0.15, -0.1) is 0 Å². The lowest BCUT2D eigenvalue weighted by Crippen LogP contribution is -2.13. The maximum Gasteiger partial charge on any atom is 0.288 e. The van der Waals surface area contributed by atoms with Gasteiger partial charge in [-0.05, 0) is 30.7 Å². The zero-order chi connectivity index (χ0) is 15.6. The Hall–Kier alpha value is -2.18. The van der Waals surface area contributed by atoms with Gasteiger partial charge in [0.1, 0.15) is 10.2 Å². The summed E-state index contributed by atoms with van der Waals surface area (Å²) < 4.78 is 0. The number of amides is 1. The van der Waals surface area contributed by atoms with Crippen LogP contribution in [-0.4, -0.2) is 15.8 Å². The number of nitrogens with one attached hydrogen (secondary N) is 1. The van der Waals surface area contributed by atoms with E-state index in [4.69, 9.17) is 23.2 Å². The van der Waals surface area contributed by atoms with E-state index >= 15 is 0 Å². The van der Waals surface area contributed by atoms with E-state index < -0.39 is 10.8 Å². The van der Waals surface area contributed by atoms with Crippen LogP contribution in [0.3, 0.4) is 0 Å². The topological polar surface area (TPSA) is 85.1 Å². The minimum absolute atomic E-state index is 0.0475. The normalized spacial score (nSPS) is 10.2. The van der Waals surface area contributed by atoms with E-state index in [0.29, 0.717) is 16.8 Å². The molecule has 1 amide bonds. The Labute approximate surface area is 129 Å². The summed E-state index contributed by atoms with van der Waals surface area (Å²) in [5.41, 5.74) is 1.03. The molecule has 2 rings (SSSR count). The van der Waals surface area contributed by atoms with Gasteiger partial charge in [0.2, 0.25) is 0 Å². The summed E-state index contributed by atoms with van der Waals surface area (Å²) in [7, 11) is 0. The summed E-state index contributed by atoms with van der Waals surface area (Å²) in [4.78, 5) is 26.1. The van der Waals surface area contributed by atoms with Crippen LogP contribution < -0.4 is 5.32 Å². The highest BCUT2D eigenvalue weighted by Crippen LogP contribution is 2.30. The summed E-state index contributed by atoms with van der Waals surface area (Å²) in [5.74, 6) is -0.410. The van der Waals surface area contributed by atoms with Gasteiger partial charge in [-0.2, -0.15) is 0 Å². The molecule has 21 heavy (non-hydrogen) atoms. The van der Waals surface area contributed by atoms with Crippen molar-refractivity contribution < 1.29 is 9.72 Å². The Bertz CT molecular complexity index is 735. The molecular weight excluding hydrogens is 317 g/mol. The van der Waals surface area contributed by atoms with Crippen molar-refractivity contribution >= 4 is 40.5 Å². The Morgan fingerprint density at radius 2 is 2.05 bits per heavy atom. The van der Waals surface area contributed by atoms with Crippen LogP contribution in [0.25, 0.3) is 0 Å². The van der Waals surface area contributed by atoms with Crippen molar-refractivity contribution in [1.29, 1.82) is 0 Å². The maximum absolute atomic E-state index is 12.1. The van der Waals surface area contributed by atoms with Gasteiger partial charge in [0, 0.05) is 23.5 Å². The smallest absolute Gasteiger partial charge is 0.288 e. The van der Waals surface area contributed by atoms with Crippen LogP contribution in [0.15, 0.2) is 30.5 Å². The average molecular weight is 326 g/mol. The quantitative estimate of drug-likeness (QED) is 0.527. The van der Waals surface area contributed by atoms with Gasteiger partial charge < -0.3 is 5.32 Å². The molecule has 0 fully saturated rings. The lowest BCUT2D eigenvalue weighted by molar-refractivity contribution is -0.384. The molecular formula is C13H9Cl2N3O3. The van der Waals surface area contributed by atoms with Crippen LogP contribution in [0.2, 0.25) is 10.2 Å². The minimum atomic E-state index is -0.580. The van der Waals surface area contributed by atoms with Crippen LogP contribution >= 0.6 is 23.2 Å². The molecule has 0 aliphatic heterocycles. The zero-order valence-electron chi connectivity index (χ0n) is 10.8. The van der Waals surface area contributed by atoms with Crippen molar-refractivity contribution in [3.63, 3.8) is 0 Å². The second-order valence-electron chi connectivity index (χ2n) is 4.20. The van der Waals surface area contributed by atoms with E-state index in [-0.39, 0.29) is 15.9 Å². The number of nitrogens with zero attached hydrogens (tertiary/aromatic N) is 2. The van der Waals surface area contributed by atoms with Gasteiger partial charge in [-0.25, -0.2) is 4.98 Å². The van der Waals surface area contributed by atoms with Crippen LogP contribution in [0.5, 0.6) is 0 Å². The number of aryl methyl sites for hydroxylation is 1. The molecule has 8 heteroatoms. The molecule has 0 aliphatic carbocycles. The van der Waals surface area contributed by atoms with Gasteiger partial charge in [0.15, 0.2) is 0 Å². The number of nitro groups is 1. The molecule has 0 spiro atoms. The number of pyridine rings is 1. The van der Waals surface area contributed by atoms with E-state index in [2.05, 4.69) is 10.3 Å². The molecule has 0 saturated carbocycles. The fourth-order valence-electron chi connectivity index (χ4n) is 1.68. The van der Waals surface area contributed by atoms with Gasteiger partial charge >= 0.3 is 0 Å². The third-order valence-electron chi connectivity index (χ3n) is 2.73. The average Bonchev–Trinajstić information content (AvgIpc) is 2.42. The molecule has 0 radical (unpaired) electrons. The first-order chi connectivity index (χ1) is 9.88. The second-order valence-corrected chi connectivity index (χ2v) is 4.99. The van der Waals surface area contributed by atoms with Crippen molar-refractivity contribution in [3.05, 3.63) is 61.9 Å². The molecule has 1 aromatic heterocycles. The number of aromatic nitrogens is 1. The Balaban J connectivity index is 2.30. The number of anilines is 1. The summed E-state index contributed by atoms with van der Waals surface area (Å²) in [6.07, 6.45) is 1.41. The van der Waals surface area contributed by atoms with Crippen molar-refractivity contribution in [1.82, 2.24) is 4.98 Å². The molecule has 0 atom stereocenters. The van der Waals surface area contributed by atoms with E-state index in [1.54, 1.807) is 6.92 Å². The number of benzene rings is 1. The number of carbonyl (C=O) groups excluding carboxylic acids is 1. The molecule has 0 saturated heterocycles. The Kier molecular flexibility index (Phi) is 4.40. The van der Waals surface area contributed by atoms with E-state index in [1.165, 1.54) is 30.5 Å². The predicted octanol–water partition coefficient (Wildman–Crippen LogP) is 3.86. The fourth-order valence-corrected chi connectivity index (χ4v) is 2.09. The number of hydrogen-bond donors (Lipinski definition) is 1. The molecule has 0 unspecified atom stereocenters. The highest BCUT2D eigenvalue weighted by atomic mass is 35.5. The predicted molar refractivity (Wildman–Crippen MR) is 80.0 cm³/mol. The number of carbonyl (C=O) groups is 1. The van der Waals surface area contributed by atoms with Crippen molar-refractivity contribution in [2.45, 2.75) is 6.92 Å². The number of halogens is 2. The van der Waals surface area contributed by atoms with Gasteiger partial charge in [0.25, 0.3) is 11.6 Å². The van der Waals surface area contributed by atoms with E-state index in [0.717, 1.165) is 0 Å². The molecule has 0 bridgehead atoms. The third-order valence-corrected chi connectivity index (χ3v) is 3.24. The second kappa shape index (κ2) is 6.07. The SMILES string of the molecule is Cc1cc([N+](=O)[O-])c(Cl)cc1NC(=O)c1ccnc(Cl)c1. The first kappa shape index (κ1) is 15.2. The molecule has 1 heterocycles. The number of hydrogen-bond acceptors (Lipinski definition) is 4. The highest BCUT2D eigenvalue weighted by molar-refractivity contribution is 6.33. The first-order valence-corrected chi connectivity index (χ1v) is 6.51. The van der Waals surface area contributed by atoms with Crippen molar-refractivity contribution in [2.75, 3.05) is 5.32 Å².